The van der Waals surface area contributed by atoms with E-state index < -0.39 is 0 Å². The predicted molar refractivity (Wildman–Crippen MR) is 71.9 cm³/mol. The minimum absolute atomic E-state index is 0.211. The van der Waals surface area contributed by atoms with Gasteiger partial charge in [-0.1, -0.05) is 20.8 Å². The Morgan fingerprint density at radius 2 is 1.72 bits per heavy atom. The molecule has 0 amide bonds. The zero-order valence-electron chi connectivity index (χ0n) is 11.3. The molecule has 0 spiro atoms. The number of aromatic nitrogens is 2. The van der Waals surface area contributed by atoms with Crippen LogP contribution >= 0.6 is 0 Å². The van der Waals surface area contributed by atoms with Crippen LogP contribution in [0.1, 0.15) is 32.5 Å². The van der Waals surface area contributed by atoms with E-state index in [1.165, 1.54) is 12.1 Å². The van der Waals surface area contributed by atoms with E-state index in [0.29, 0.717) is 11.8 Å². The third kappa shape index (κ3) is 2.30. The number of rotatable bonds is 3. The maximum Gasteiger partial charge on any atom is 0.123 e. The predicted octanol–water partition coefficient (Wildman–Crippen LogP) is 3.99. The van der Waals surface area contributed by atoms with Crippen LogP contribution in [0.3, 0.4) is 0 Å². The lowest BCUT2D eigenvalue weighted by molar-refractivity contribution is 0.498. The highest BCUT2D eigenvalue weighted by Crippen LogP contribution is 2.27. The van der Waals surface area contributed by atoms with Gasteiger partial charge in [0.05, 0.1) is 11.9 Å². The summed E-state index contributed by atoms with van der Waals surface area (Å²) in [6.45, 7) is 6.56. The van der Waals surface area contributed by atoms with Gasteiger partial charge in [-0.2, -0.15) is 0 Å². The molecule has 0 saturated heterocycles. The van der Waals surface area contributed by atoms with Gasteiger partial charge < -0.3 is 4.57 Å². The highest BCUT2D eigenvalue weighted by Gasteiger charge is 2.17. The molecule has 2 nitrogen and oxygen atoms in total. The molecule has 0 radical (unpaired) electrons. The van der Waals surface area contributed by atoms with E-state index in [1.54, 1.807) is 12.1 Å². The topological polar surface area (TPSA) is 17.8 Å². The molecule has 0 N–H and O–H groups in total. The van der Waals surface area contributed by atoms with E-state index >= 15 is 0 Å². The summed E-state index contributed by atoms with van der Waals surface area (Å²) in [4.78, 5) is 4.50. The Morgan fingerprint density at radius 1 is 1.11 bits per heavy atom. The van der Waals surface area contributed by atoms with Gasteiger partial charge in [-0.3, -0.25) is 0 Å². The summed E-state index contributed by atoms with van der Waals surface area (Å²) in [6.07, 6.45) is 1.86. The summed E-state index contributed by atoms with van der Waals surface area (Å²) in [5.74, 6) is 1.82. The van der Waals surface area contributed by atoms with Crippen LogP contribution in [0.4, 0.5) is 4.39 Å². The van der Waals surface area contributed by atoms with Crippen molar-refractivity contribution >= 4 is 0 Å². The van der Waals surface area contributed by atoms with E-state index in [2.05, 4.69) is 30.3 Å². The fourth-order valence-electron chi connectivity index (χ4n) is 2.03. The molecule has 0 aliphatic rings. The SMILES string of the molecule is CC(C)C(C)c1ncc(-c2ccc(F)cc2)n1C. The van der Waals surface area contributed by atoms with Crippen LogP contribution < -0.4 is 0 Å². The average molecular weight is 246 g/mol. The van der Waals surface area contributed by atoms with Crippen molar-refractivity contribution in [3.05, 3.63) is 42.1 Å². The van der Waals surface area contributed by atoms with Gasteiger partial charge in [0.15, 0.2) is 0 Å². The number of hydrogen-bond donors (Lipinski definition) is 0. The maximum absolute atomic E-state index is 12.9. The molecule has 96 valence electrons. The van der Waals surface area contributed by atoms with Crippen LogP contribution in [-0.2, 0) is 7.05 Å². The van der Waals surface area contributed by atoms with Gasteiger partial charge in [0.1, 0.15) is 11.6 Å². The Kier molecular flexibility index (Phi) is 3.50. The molecule has 1 atom stereocenters. The second-order valence-electron chi connectivity index (χ2n) is 5.10. The molecule has 0 saturated carbocycles. The van der Waals surface area contributed by atoms with E-state index in [-0.39, 0.29) is 5.82 Å². The third-order valence-electron chi connectivity index (χ3n) is 3.57. The molecule has 0 aliphatic carbocycles. The van der Waals surface area contributed by atoms with Crippen molar-refractivity contribution in [2.45, 2.75) is 26.7 Å². The van der Waals surface area contributed by atoms with Crippen LogP contribution in [-0.4, -0.2) is 9.55 Å². The molecule has 2 aromatic rings. The molecule has 18 heavy (non-hydrogen) atoms. The smallest absolute Gasteiger partial charge is 0.123 e. The summed E-state index contributed by atoms with van der Waals surface area (Å²) < 4.78 is 15.0. The lowest BCUT2D eigenvalue weighted by atomic mass is 9.97. The Bertz CT molecular complexity index is 526. The van der Waals surface area contributed by atoms with Crippen molar-refractivity contribution in [2.75, 3.05) is 0 Å². The third-order valence-corrected chi connectivity index (χ3v) is 3.57. The second-order valence-corrected chi connectivity index (χ2v) is 5.10. The molecule has 0 fully saturated rings. The van der Waals surface area contributed by atoms with Gasteiger partial charge in [0.2, 0.25) is 0 Å². The molecule has 3 heteroatoms. The van der Waals surface area contributed by atoms with E-state index in [4.69, 9.17) is 0 Å². The standard InChI is InChI=1S/C15H19FN2/c1-10(2)11(3)15-17-9-14(18(15)4)12-5-7-13(16)8-6-12/h5-11H,1-4H3. The fraction of sp³-hybridized carbons (Fsp3) is 0.400. The quantitative estimate of drug-likeness (QED) is 0.800. The summed E-state index contributed by atoms with van der Waals surface area (Å²) >= 11 is 0. The Hall–Kier alpha value is -1.64. The van der Waals surface area contributed by atoms with Crippen LogP contribution in [0.25, 0.3) is 11.3 Å². The van der Waals surface area contributed by atoms with Crippen LogP contribution in [0.15, 0.2) is 30.5 Å². The molecular formula is C15H19FN2. The highest BCUT2D eigenvalue weighted by molar-refractivity contribution is 5.59. The van der Waals surface area contributed by atoms with Gasteiger partial charge in [0.25, 0.3) is 0 Å². The first-order valence-electron chi connectivity index (χ1n) is 6.28. The Labute approximate surface area is 107 Å². The number of benzene rings is 1. The first kappa shape index (κ1) is 12.8. The van der Waals surface area contributed by atoms with Crippen molar-refractivity contribution in [2.24, 2.45) is 13.0 Å². The number of halogens is 1. The average Bonchev–Trinajstić information content (AvgIpc) is 2.71. The highest BCUT2D eigenvalue weighted by atomic mass is 19.1. The van der Waals surface area contributed by atoms with Gasteiger partial charge >= 0.3 is 0 Å². The van der Waals surface area contributed by atoms with Crippen molar-refractivity contribution in [1.82, 2.24) is 9.55 Å². The van der Waals surface area contributed by atoms with Crippen LogP contribution in [0.2, 0.25) is 0 Å². The summed E-state index contributed by atoms with van der Waals surface area (Å²) in [5, 5.41) is 0. The van der Waals surface area contributed by atoms with E-state index in [9.17, 15) is 4.39 Å². The lowest BCUT2D eigenvalue weighted by Crippen LogP contribution is -2.09. The molecule has 1 aromatic carbocycles. The normalized spacial score (nSPS) is 13.0. The minimum atomic E-state index is -0.211. The first-order chi connectivity index (χ1) is 8.50. The monoisotopic (exact) mass is 246 g/mol. The molecule has 0 aliphatic heterocycles. The van der Waals surface area contributed by atoms with Gasteiger partial charge in [-0.15, -0.1) is 0 Å². The lowest BCUT2D eigenvalue weighted by Gasteiger charge is -2.16. The van der Waals surface area contributed by atoms with E-state index in [1.807, 2.05) is 13.2 Å². The minimum Gasteiger partial charge on any atom is -0.331 e. The van der Waals surface area contributed by atoms with E-state index in [0.717, 1.165) is 17.1 Å². The molecular weight excluding hydrogens is 227 g/mol. The molecule has 1 unspecified atom stereocenters. The molecule has 2 rings (SSSR count). The van der Waals surface area contributed by atoms with Crippen molar-refractivity contribution in [1.29, 1.82) is 0 Å². The number of imidazole rings is 1. The molecule has 0 bridgehead atoms. The van der Waals surface area contributed by atoms with Crippen molar-refractivity contribution < 1.29 is 4.39 Å². The number of nitrogens with zero attached hydrogens (tertiary/aromatic N) is 2. The maximum atomic E-state index is 12.9. The largest absolute Gasteiger partial charge is 0.331 e. The van der Waals surface area contributed by atoms with Gasteiger partial charge in [-0.25, -0.2) is 9.37 Å². The summed E-state index contributed by atoms with van der Waals surface area (Å²) in [6, 6.07) is 6.54. The zero-order valence-corrected chi connectivity index (χ0v) is 11.3. The molecule has 1 aromatic heterocycles. The fourth-order valence-corrected chi connectivity index (χ4v) is 2.03. The van der Waals surface area contributed by atoms with Crippen LogP contribution in [0, 0.1) is 11.7 Å². The van der Waals surface area contributed by atoms with Crippen molar-refractivity contribution in [3.8, 4) is 11.3 Å². The first-order valence-corrected chi connectivity index (χ1v) is 6.28. The van der Waals surface area contributed by atoms with Gasteiger partial charge in [-0.05, 0) is 35.7 Å². The van der Waals surface area contributed by atoms with Crippen molar-refractivity contribution in [3.63, 3.8) is 0 Å². The Balaban J connectivity index is 2.39. The zero-order chi connectivity index (χ0) is 13.3. The summed E-state index contributed by atoms with van der Waals surface area (Å²) in [5.41, 5.74) is 2.02. The number of hydrogen-bond acceptors (Lipinski definition) is 1. The van der Waals surface area contributed by atoms with Gasteiger partial charge in [0, 0.05) is 13.0 Å². The summed E-state index contributed by atoms with van der Waals surface area (Å²) in [7, 11) is 2.01. The Morgan fingerprint density at radius 3 is 2.28 bits per heavy atom. The van der Waals surface area contributed by atoms with Crippen LogP contribution in [0.5, 0.6) is 0 Å². The second kappa shape index (κ2) is 4.92. The molecule has 1 heterocycles.